The lowest BCUT2D eigenvalue weighted by Crippen LogP contribution is -2.31. The maximum atomic E-state index is 11.3. The molecule has 1 amide bonds. The summed E-state index contributed by atoms with van der Waals surface area (Å²) < 4.78 is 0. The summed E-state index contributed by atoms with van der Waals surface area (Å²) in [5.41, 5.74) is 10.3. The molecule has 0 aromatic carbocycles. The van der Waals surface area contributed by atoms with Crippen LogP contribution in [0.15, 0.2) is 9.98 Å². The summed E-state index contributed by atoms with van der Waals surface area (Å²) >= 11 is 1.67. The van der Waals surface area contributed by atoms with E-state index in [4.69, 9.17) is 11.5 Å². The van der Waals surface area contributed by atoms with Gasteiger partial charge in [0.15, 0.2) is 5.96 Å². The Morgan fingerprint density at radius 3 is 3.00 bits per heavy atom. The molecule has 0 aliphatic carbocycles. The minimum absolute atomic E-state index is 0.102. The number of nitrogens with one attached hydrogen (secondary N) is 1. The predicted molar refractivity (Wildman–Crippen MR) is 58.2 cm³/mol. The van der Waals surface area contributed by atoms with Crippen molar-refractivity contribution in [1.29, 1.82) is 0 Å². The molecule has 78 valence electrons. The number of hydrogen-bond acceptors (Lipinski definition) is 4. The number of guanidine groups is 2. The Bertz CT molecular complexity index is 284. The lowest BCUT2D eigenvalue weighted by Gasteiger charge is -2.00. The number of aliphatic imine (C=N–C) groups is 2. The van der Waals surface area contributed by atoms with Crippen LogP contribution in [-0.2, 0) is 4.79 Å². The fourth-order valence-corrected chi connectivity index (χ4v) is 1.50. The third-order valence-corrected chi connectivity index (χ3v) is 2.29. The number of hydrogen-bond donors (Lipinski definition) is 3. The first-order valence-corrected chi connectivity index (χ1v) is 5.50. The van der Waals surface area contributed by atoms with Crippen LogP contribution in [0.2, 0.25) is 0 Å². The van der Waals surface area contributed by atoms with Crippen LogP contribution in [0.25, 0.3) is 0 Å². The van der Waals surface area contributed by atoms with Crippen molar-refractivity contribution in [2.45, 2.75) is 12.5 Å². The molecule has 14 heavy (non-hydrogen) atoms. The highest BCUT2D eigenvalue weighted by Crippen LogP contribution is 2.08. The highest BCUT2D eigenvalue weighted by atomic mass is 32.2. The van der Waals surface area contributed by atoms with Crippen molar-refractivity contribution in [1.82, 2.24) is 5.32 Å². The van der Waals surface area contributed by atoms with E-state index in [-0.39, 0.29) is 23.9 Å². The van der Waals surface area contributed by atoms with Crippen molar-refractivity contribution in [3.63, 3.8) is 0 Å². The second-order valence-electron chi connectivity index (χ2n) is 2.78. The number of rotatable bonds is 3. The van der Waals surface area contributed by atoms with Crippen molar-refractivity contribution in [2.75, 3.05) is 12.0 Å². The van der Waals surface area contributed by atoms with Gasteiger partial charge in [0, 0.05) is 0 Å². The Morgan fingerprint density at radius 1 is 1.71 bits per heavy atom. The molecule has 0 saturated carbocycles. The first kappa shape index (κ1) is 10.8. The first-order chi connectivity index (χ1) is 6.63. The number of thioether (sulfide) groups is 1. The minimum Gasteiger partial charge on any atom is -0.370 e. The zero-order valence-corrected chi connectivity index (χ0v) is 8.67. The van der Waals surface area contributed by atoms with Gasteiger partial charge in [-0.15, -0.1) is 0 Å². The minimum atomic E-state index is -0.347. The topological polar surface area (TPSA) is 106 Å². The van der Waals surface area contributed by atoms with E-state index in [1.54, 1.807) is 11.8 Å². The van der Waals surface area contributed by atoms with E-state index in [0.717, 1.165) is 5.75 Å². The van der Waals surface area contributed by atoms with Crippen molar-refractivity contribution >= 4 is 29.6 Å². The second-order valence-corrected chi connectivity index (χ2v) is 3.76. The molecule has 0 radical (unpaired) electrons. The molecule has 0 aromatic heterocycles. The van der Waals surface area contributed by atoms with Crippen LogP contribution in [0.1, 0.15) is 6.42 Å². The summed E-state index contributed by atoms with van der Waals surface area (Å²) in [6, 6.07) is -0.347. The lowest BCUT2D eigenvalue weighted by molar-refractivity contribution is -0.120. The lowest BCUT2D eigenvalue weighted by atomic mass is 10.2. The molecule has 1 aliphatic heterocycles. The van der Waals surface area contributed by atoms with Gasteiger partial charge in [-0.2, -0.15) is 16.8 Å². The van der Waals surface area contributed by atoms with Crippen molar-refractivity contribution < 1.29 is 4.79 Å². The number of nitrogens with zero attached hydrogens (tertiary/aromatic N) is 2. The average Bonchev–Trinajstić information content (AvgIpc) is 2.41. The summed E-state index contributed by atoms with van der Waals surface area (Å²) in [4.78, 5) is 19.0. The maximum Gasteiger partial charge on any atom is 0.251 e. The molecule has 1 heterocycles. The van der Waals surface area contributed by atoms with Gasteiger partial charge < -0.3 is 11.5 Å². The van der Waals surface area contributed by atoms with Gasteiger partial charge >= 0.3 is 0 Å². The quantitative estimate of drug-likeness (QED) is 0.409. The fraction of sp³-hybridized carbons (Fsp3) is 0.571. The predicted octanol–water partition coefficient (Wildman–Crippen LogP) is -1.13. The van der Waals surface area contributed by atoms with E-state index in [1.807, 2.05) is 6.26 Å². The van der Waals surface area contributed by atoms with Crippen LogP contribution in [0.5, 0.6) is 0 Å². The van der Waals surface area contributed by atoms with Crippen molar-refractivity contribution in [3.05, 3.63) is 0 Å². The molecule has 1 unspecified atom stereocenters. The van der Waals surface area contributed by atoms with E-state index in [9.17, 15) is 4.79 Å². The monoisotopic (exact) mass is 215 g/mol. The normalized spacial score (nSPS) is 20.2. The van der Waals surface area contributed by atoms with Crippen LogP contribution in [0.4, 0.5) is 0 Å². The van der Waals surface area contributed by atoms with Gasteiger partial charge in [0.05, 0.1) is 0 Å². The molecule has 0 bridgehead atoms. The average molecular weight is 215 g/mol. The third-order valence-electron chi connectivity index (χ3n) is 1.65. The van der Waals surface area contributed by atoms with Gasteiger partial charge in [0.2, 0.25) is 5.96 Å². The van der Waals surface area contributed by atoms with Crippen LogP contribution in [0.3, 0.4) is 0 Å². The van der Waals surface area contributed by atoms with E-state index in [2.05, 4.69) is 15.3 Å². The Labute approximate surface area is 86.2 Å². The van der Waals surface area contributed by atoms with Gasteiger partial charge in [-0.3, -0.25) is 10.1 Å². The van der Waals surface area contributed by atoms with Gasteiger partial charge in [-0.1, -0.05) is 0 Å². The van der Waals surface area contributed by atoms with E-state index in [1.165, 1.54) is 0 Å². The van der Waals surface area contributed by atoms with E-state index >= 15 is 0 Å². The highest BCUT2D eigenvalue weighted by molar-refractivity contribution is 7.98. The summed E-state index contributed by atoms with van der Waals surface area (Å²) in [6.07, 6.45) is 2.68. The largest absolute Gasteiger partial charge is 0.370 e. The maximum absolute atomic E-state index is 11.3. The number of nitrogens with two attached hydrogens (primary N) is 2. The summed E-state index contributed by atoms with van der Waals surface area (Å²) in [5.74, 6) is 0.853. The fourth-order valence-electron chi connectivity index (χ4n) is 1.04. The van der Waals surface area contributed by atoms with Gasteiger partial charge in [0.1, 0.15) is 6.04 Å². The smallest absolute Gasteiger partial charge is 0.251 e. The molecule has 0 saturated heterocycles. The molecule has 0 spiro atoms. The summed E-state index contributed by atoms with van der Waals surface area (Å²) in [6.45, 7) is 0. The Hall–Kier alpha value is -1.24. The molecule has 5 N–H and O–H groups in total. The summed E-state index contributed by atoms with van der Waals surface area (Å²) in [7, 11) is 0. The Kier molecular flexibility index (Phi) is 3.75. The third kappa shape index (κ3) is 2.91. The summed E-state index contributed by atoms with van der Waals surface area (Å²) in [5, 5.41) is 2.50. The van der Waals surface area contributed by atoms with Crippen LogP contribution in [-0.4, -0.2) is 35.9 Å². The van der Waals surface area contributed by atoms with E-state index < -0.39 is 0 Å². The zero-order chi connectivity index (χ0) is 10.6. The molecule has 1 atom stereocenters. The van der Waals surface area contributed by atoms with Crippen LogP contribution in [0, 0.1) is 0 Å². The van der Waals surface area contributed by atoms with Crippen LogP contribution < -0.4 is 16.8 Å². The molecule has 1 aliphatic rings. The molecule has 0 fully saturated rings. The number of carbonyl (C=O) groups excluding carboxylic acids is 1. The molecule has 6 nitrogen and oxygen atoms in total. The highest BCUT2D eigenvalue weighted by Gasteiger charge is 2.25. The number of carbonyl (C=O) groups is 1. The molecule has 0 aromatic rings. The molecular formula is C7H13N5OS. The van der Waals surface area contributed by atoms with E-state index in [0.29, 0.717) is 6.42 Å². The standard InChI is InChI=1S/C7H13N5OS/c1-14-3-2-4-5(13)11-7(10-4)12-6(8)9/h4H,2-3H2,1H3,(H5,8,9,10,11,12,13). The molecular weight excluding hydrogens is 202 g/mol. The zero-order valence-electron chi connectivity index (χ0n) is 7.86. The number of amides is 1. The van der Waals surface area contributed by atoms with Gasteiger partial charge in [0.25, 0.3) is 5.91 Å². The van der Waals surface area contributed by atoms with Gasteiger partial charge in [-0.25, -0.2) is 4.99 Å². The van der Waals surface area contributed by atoms with Crippen molar-refractivity contribution in [2.24, 2.45) is 21.5 Å². The Morgan fingerprint density at radius 2 is 2.43 bits per heavy atom. The van der Waals surface area contributed by atoms with Crippen LogP contribution >= 0.6 is 11.8 Å². The van der Waals surface area contributed by atoms with Crippen molar-refractivity contribution in [3.8, 4) is 0 Å². The molecule has 1 rings (SSSR count). The Balaban J connectivity index is 2.57. The SMILES string of the molecule is CSCCC1N=C(N=C(N)N)NC1=O. The van der Waals surface area contributed by atoms with Gasteiger partial charge in [-0.05, 0) is 18.4 Å². The first-order valence-electron chi connectivity index (χ1n) is 4.10. The molecule has 7 heteroatoms. The second kappa shape index (κ2) is 4.85.